The molecule has 84 valence electrons. The highest BCUT2D eigenvalue weighted by Crippen LogP contribution is 2.27. The van der Waals surface area contributed by atoms with Crippen LogP contribution in [0.25, 0.3) is 0 Å². The standard InChI is InChI=1S/C12H25NO/c1-10-4-3-5-12(8-10)9-13-11(2)6-7-14/h10-14H,3-9H2,1-2H3. The van der Waals surface area contributed by atoms with E-state index in [2.05, 4.69) is 19.2 Å². The highest BCUT2D eigenvalue weighted by molar-refractivity contribution is 4.73. The molecule has 1 saturated carbocycles. The summed E-state index contributed by atoms with van der Waals surface area (Å²) in [5, 5.41) is 12.3. The fraction of sp³-hybridized carbons (Fsp3) is 1.00. The summed E-state index contributed by atoms with van der Waals surface area (Å²) in [5.41, 5.74) is 0. The van der Waals surface area contributed by atoms with Crippen LogP contribution in [-0.2, 0) is 0 Å². The fourth-order valence-corrected chi connectivity index (χ4v) is 2.41. The van der Waals surface area contributed by atoms with Gasteiger partial charge in [0, 0.05) is 12.6 Å². The average molecular weight is 199 g/mol. The third-order valence-electron chi connectivity index (χ3n) is 3.36. The van der Waals surface area contributed by atoms with E-state index in [4.69, 9.17) is 5.11 Å². The molecule has 0 aromatic carbocycles. The van der Waals surface area contributed by atoms with Crippen molar-refractivity contribution in [3.05, 3.63) is 0 Å². The zero-order valence-electron chi connectivity index (χ0n) is 9.63. The Morgan fingerprint density at radius 2 is 2.21 bits per heavy atom. The summed E-state index contributed by atoms with van der Waals surface area (Å²) in [5.74, 6) is 1.79. The molecule has 1 rings (SSSR count). The van der Waals surface area contributed by atoms with E-state index >= 15 is 0 Å². The topological polar surface area (TPSA) is 32.3 Å². The van der Waals surface area contributed by atoms with E-state index in [0.29, 0.717) is 12.6 Å². The van der Waals surface area contributed by atoms with E-state index in [1.807, 2.05) is 0 Å². The molecule has 2 N–H and O–H groups in total. The van der Waals surface area contributed by atoms with Gasteiger partial charge in [-0.05, 0) is 44.6 Å². The smallest absolute Gasteiger partial charge is 0.0445 e. The van der Waals surface area contributed by atoms with Crippen molar-refractivity contribution in [2.45, 2.75) is 52.0 Å². The number of hydrogen-bond donors (Lipinski definition) is 2. The van der Waals surface area contributed by atoms with E-state index in [9.17, 15) is 0 Å². The molecule has 0 aliphatic heterocycles. The molecule has 3 atom stereocenters. The third kappa shape index (κ3) is 4.43. The van der Waals surface area contributed by atoms with E-state index in [1.54, 1.807) is 0 Å². The highest BCUT2D eigenvalue weighted by Gasteiger charge is 2.18. The molecular weight excluding hydrogens is 174 g/mol. The monoisotopic (exact) mass is 199 g/mol. The molecule has 0 amide bonds. The summed E-state index contributed by atoms with van der Waals surface area (Å²) < 4.78 is 0. The zero-order valence-corrected chi connectivity index (χ0v) is 9.63. The molecular formula is C12H25NO. The summed E-state index contributed by atoms with van der Waals surface area (Å²) >= 11 is 0. The first kappa shape index (κ1) is 12.0. The molecule has 0 heterocycles. The molecule has 2 nitrogen and oxygen atoms in total. The van der Waals surface area contributed by atoms with Gasteiger partial charge in [0.05, 0.1) is 0 Å². The van der Waals surface area contributed by atoms with Gasteiger partial charge in [0.1, 0.15) is 0 Å². The van der Waals surface area contributed by atoms with Crippen LogP contribution in [0.4, 0.5) is 0 Å². The maximum absolute atomic E-state index is 8.78. The maximum Gasteiger partial charge on any atom is 0.0445 e. The second-order valence-corrected chi connectivity index (χ2v) is 4.96. The van der Waals surface area contributed by atoms with E-state index < -0.39 is 0 Å². The van der Waals surface area contributed by atoms with Crippen LogP contribution in [0.5, 0.6) is 0 Å². The van der Waals surface area contributed by atoms with Crippen LogP contribution >= 0.6 is 0 Å². The first-order valence-corrected chi connectivity index (χ1v) is 6.06. The Hall–Kier alpha value is -0.0800. The Morgan fingerprint density at radius 3 is 2.86 bits per heavy atom. The van der Waals surface area contributed by atoms with Crippen molar-refractivity contribution in [1.29, 1.82) is 0 Å². The first-order valence-electron chi connectivity index (χ1n) is 6.06. The molecule has 1 aliphatic rings. The van der Waals surface area contributed by atoms with Crippen molar-refractivity contribution in [1.82, 2.24) is 5.32 Å². The summed E-state index contributed by atoms with van der Waals surface area (Å²) in [6.07, 6.45) is 6.48. The van der Waals surface area contributed by atoms with Crippen LogP contribution in [-0.4, -0.2) is 24.3 Å². The van der Waals surface area contributed by atoms with E-state index in [0.717, 1.165) is 24.8 Å². The Bertz CT molecular complexity index is 149. The van der Waals surface area contributed by atoms with Gasteiger partial charge in [-0.25, -0.2) is 0 Å². The predicted molar refractivity (Wildman–Crippen MR) is 60.3 cm³/mol. The molecule has 0 radical (unpaired) electrons. The molecule has 1 fully saturated rings. The van der Waals surface area contributed by atoms with Crippen molar-refractivity contribution in [3.63, 3.8) is 0 Å². The lowest BCUT2D eigenvalue weighted by Gasteiger charge is -2.28. The van der Waals surface area contributed by atoms with Gasteiger partial charge < -0.3 is 10.4 Å². The van der Waals surface area contributed by atoms with Crippen LogP contribution in [0.3, 0.4) is 0 Å². The molecule has 0 saturated heterocycles. The lowest BCUT2D eigenvalue weighted by atomic mass is 9.82. The lowest BCUT2D eigenvalue weighted by Crippen LogP contribution is -2.33. The minimum atomic E-state index is 0.301. The number of nitrogens with one attached hydrogen (secondary N) is 1. The highest BCUT2D eigenvalue weighted by atomic mass is 16.3. The molecule has 0 aromatic heterocycles. The van der Waals surface area contributed by atoms with Crippen LogP contribution in [0.2, 0.25) is 0 Å². The number of aliphatic hydroxyl groups excluding tert-OH is 1. The SMILES string of the molecule is CC1CCCC(CNC(C)CCO)C1. The minimum absolute atomic E-state index is 0.301. The summed E-state index contributed by atoms with van der Waals surface area (Å²) in [7, 11) is 0. The van der Waals surface area contributed by atoms with Gasteiger partial charge in [0.2, 0.25) is 0 Å². The van der Waals surface area contributed by atoms with Gasteiger partial charge >= 0.3 is 0 Å². The number of rotatable bonds is 5. The first-order chi connectivity index (χ1) is 6.72. The molecule has 14 heavy (non-hydrogen) atoms. The number of aliphatic hydroxyl groups is 1. The van der Waals surface area contributed by atoms with Gasteiger partial charge in [-0.3, -0.25) is 0 Å². The predicted octanol–water partition coefficient (Wildman–Crippen LogP) is 2.17. The Morgan fingerprint density at radius 1 is 1.43 bits per heavy atom. The maximum atomic E-state index is 8.78. The van der Waals surface area contributed by atoms with Crippen LogP contribution in [0.15, 0.2) is 0 Å². The molecule has 0 aromatic rings. The van der Waals surface area contributed by atoms with Gasteiger partial charge in [-0.15, -0.1) is 0 Å². The molecule has 2 heteroatoms. The van der Waals surface area contributed by atoms with Crippen molar-refractivity contribution in [3.8, 4) is 0 Å². The zero-order chi connectivity index (χ0) is 10.4. The van der Waals surface area contributed by atoms with Crippen molar-refractivity contribution >= 4 is 0 Å². The van der Waals surface area contributed by atoms with Gasteiger partial charge in [-0.2, -0.15) is 0 Å². The molecule has 1 aliphatic carbocycles. The average Bonchev–Trinajstić information content (AvgIpc) is 2.15. The molecule has 0 bridgehead atoms. The van der Waals surface area contributed by atoms with Gasteiger partial charge in [0.25, 0.3) is 0 Å². The second kappa shape index (κ2) is 6.41. The van der Waals surface area contributed by atoms with Crippen LogP contribution in [0.1, 0.15) is 46.0 Å². The van der Waals surface area contributed by atoms with Gasteiger partial charge in [0.15, 0.2) is 0 Å². The van der Waals surface area contributed by atoms with E-state index in [-0.39, 0.29) is 0 Å². The minimum Gasteiger partial charge on any atom is -0.396 e. The third-order valence-corrected chi connectivity index (χ3v) is 3.36. The van der Waals surface area contributed by atoms with Crippen molar-refractivity contribution < 1.29 is 5.11 Å². The Labute approximate surface area is 88.1 Å². The van der Waals surface area contributed by atoms with E-state index in [1.165, 1.54) is 25.7 Å². The quantitative estimate of drug-likeness (QED) is 0.711. The van der Waals surface area contributed by atoms with Gasteiger partial charge in [-0.1, -0.05) is 19.8 Å². The second-order valence-electron chi connectivity index (χ2n) is 4.96. The fourth-order valence-electron chi connectivity index (χ4n) is 2.41. The van der Waals surface area contributed by atoms with Crippen molar-refractivity contribution in [2.75, 3.05) is 13.2 Å². The Kier molecular flexibility index (Phi) is 5.49. The summed E-state index contributed by atoms with van der Waals surface area (Å²) in [6, 6.07) is 0.470. The summed E-state index contributed by atoms with van der Waals surface area (Å²) in [4.78, 5) is 0. The normalized spacial score (nSPS) is 30.2. The lowest BCUT2D eigenvalue weighted by molar-refractivity contribution is 0.245. The van der Waals surface area contributed by atoms with Crippen LogP contribution in [0, 0.1) is 11.8 Å². The largest absolute Gasteiger partial charge is 0.396 e. The van der Waals surface area contributed by atoms with Crippen molar-refractivity contribution in [2.24, 2.45) is 11.8 Å². The summed E-state index contributed by atoms with van der Waals surface area (Å²) in [6.45, 7) is 5.96. The molecule has 0 spiro atoms. The Balaban J connectivity index is 2.10. The molecule has 3 unspecified atom stereocenters. The number of hydrogen-bond acceptors (Lipinski definition) is 2. The van der Waals surface area contributed by atoms with Crippen LogP contribution < -0.4 is 5.32 Å².